The normalized spacial score (nSPS) is 21.6. The number of guanidine groups is 1. The van der Waals surface area contributed by atoms with Crippen molar-refractivity contribution in [3.8, 4) is 0 Å². The molecule has 1 fully saturated rings. The van der Waals surface area contributed by atoms with Crippen LogP contribution in [0.2, 0.25) is 0 Å². The minimum atomic E-state index is 0.203. The van der Waals surface area contributed by atoms with E-state index in [0.29, 0.717) is 19.1 Å². The minimum absolute atomic E-state index is 0.203. The highest BCUT2D eigenvalue weighted by molar-refractivity contribution is 5.78. The Labute approximate surface area is 100 Å². The monoisotopic (exact) mass is 235 g/mol. The van der Waals surface area contributed by atoms with Gasteiger partial charge in [0.25, 0.3) is 0 Å². The summed E-state index contributed by atoms with van der Waals surface area (Å²) in [6, 6.07) is 3.72. The van der Waals surface area contributed by atoms with Gasteiger partial charge in [-0.05, 0) is 19.1 Å². The highest BCUT2D eigenvalue weighted by Gasteiger charge is 2.17. The molecule has 0 spiro atoms. The van der Waals surface area contributed by atoms with Crippen molar-refractivity contribution in [1.82, 2.24) is 15.1 Å². The molecule has 0 amide bonds. The average molecular weight is 235 g/mol. The first-order valence-electron chi connectivity index (χ1n) is 5.69. The van der Waals surface area contributed by atoms with Crippen LogP contribution in [0.25, 0.3) is 0 Å². The van der Waals surface area contributed by atoms with E-state index >= 15 is 0 Å². The van der Waals surface area contributed by atoms with Gasteiger partial charge in [-0.25, -0.2) is 4.99 Å². The van der Waals surface area contributed by atoms with Crippen molar-refractivity contribution in [2.24, 2.45) is 10.7 Å². The zero-order valence-electron chi connectivity index (χ0n) is 9.91. The van der Waals surface area contributed by atoms with Gasteiger partial charge in [0.1, 0.15) is 0 Å². The van der Waals surface area contributed by atoms with E-state index in [-0.39, 0.29) is 6.10 Å². The standard InChI is InChI=1S/C11H17N5O/c1-9-8-16(5-6-17-9)11(12)13-7-10-3-2-4-14-15-10/h2-4,9H,5-8H2,1H3,(H2,12,13). The van der Waals surface area contributed by atoms with Crippen molar-refractivity contribution in [3.63, 3.8) is 0 Å². The third-order valence-corrected chi connectivity index (χ3v) is 2.60. The molecule has 1 aromatic rings. The number of rotatable bonds is 2. The quantitative estimate of drug-likeness (QED) is 0.577. The zero-order chi connectivity index (χ0) is 12.1. The molecule has 0 bridgehead atoms. The van der Waals surface area contributed by atoms with Crippen molar-refractivity contribution in [3.05, 3.63) is 24.0 Å². The van der Waals surface area contributed by atoms with Crippen molar-refractivity contribution in [1.29, 1.82) is 0 Å². The van der Waals surface area contributed by atoms with Gasteiger partial charge >= 0.3 is 0 Å². The van der Waals surface area contributed by atoms with Crippen molar-refractivity contribution >= 4 is 5.96 Å². The highest BCUT2D eigenvalue weighted by Crippen LogP contribution is 2.04. The minimum Gasteiger partial charge on any atom is -0.375 e. The van der Waals surface area contributed by atoms with Gasteiger partial charge in [0.05, 0.1) is 24.9 Å². The molecule has 0 aromatic carbocycles. The largest absolute Gasteiger partial charge is 0.375 e. The van der Waals surface area contributed by atoms with Crippen molar-refractivity contribution in [2.75, 3.05) is 19.7 Å². The lowest BCUT2D eigenvalue weighted by molar-refractivity contribution is 0.00528. The predicted octanol–water partition coefficient (Wildman–Crippen LogP) is 0.0120. The van der Waals surface area contributed by atoms with Crippen LogP contribution in [-0.4, -0.2) is 46.9 Å². The number of aliphatic imine (C=N–C) groups is 1. The first kappa shape index (κ1) is 11.8. The molecule has 92 valence electrons. The lowest BCUT2D eigenvalue weighted by atomic mass is 10.3. The number of aromatic nitrogens is 2. The van der Waals surface area contributed by atoms with Crippen LogP contribution >= 0.6 is 0 Å². The van der Waals surface area contributed by atoms with Crippen LogP contribution in [0.5, 0.6) is 0 Å². The molecular weight excluding hydrogens is 218 g/mol. The highest BCUT2D eigenvalue weighted by atomic mass is 16.5. The molecule has 1 unspecified atom stereocenters. The van der Waals surface area contributed by atoms with Crippen LogP contribution in [0, 0.1) is 0 Å². The number of ether oxygens (including phenoxy) is 1. The van der Waals surface area contributed by atoms with Gasteiger partial charge < -0.3 is 15.4 Å². The van der Waals surface area contributed by atoms with Crippen LogP contribution < -0.4 is 5.73 Å². The van der Waals surface area contributed by atoms with E-state index < -0.39 is 0 Å². The van der Waals surface area contributed by atoms with Crippen LogP contribution in [0.4, 0.5) is 0 Å². The molecule has 0 saturated carbocycles. The van der Waals surface area contributed by atoms with Crippen molar-refractivity contribution < 1.29 is 4.74 Å². The molecule has 1 aliphatic heterocycles. The number of nitrogens with two attached hydrogens (primary N) is 1. The average Bonchev–Trinajstić information content (AvgIpc) is 2.37. The van der Waals surface area contributed by atoms with Gasteiger partial charge in [0.2, 0.25) is 0 Å². The summed E-state index contributed by atoms with van der Waals surface area (Å²) >= 11 is 0. The van der Waals surface area contributed by atoms with Gasteiger partial charge in [0.15, 0.2) is 5.96 Å². The molecule has 0 aliphatic carbocycles. The third kappa shape index (κ3) is 3.39. The molecule has 1 aromatic heterocycles. The Morgan fingerprint density at radius 1 is 1.71 bits per heavy atom. The van der Waals surface area contributed by atoms with E-state index in [9.17, 15) is 0 Å². The molecule has 17 heavy (non-hydrogen) atoms. The van der Waals surface area contributed by atoms with E-state index in [1.54, 1.807) is 6.20 Å². The fraction of sp³-hybridized carbons (Fsp3) is 0.545. The lowest BCUT2D eigenvalue weighted by Gasteiger charge is -2.31. The fourth-order valence-corrected chi connectivity index (χ4v) is 1.71. The molecule has 2 N–H and O–H groups in total. The van der Waals surface area contributed by atoms with E-state index in [1.807, 2.05) is 24.0 Å². The lowest BCUT2D eigenvalue weighted by Crippen LogP contribution is -2.47. The number of hydrogen-bond acceptors (Lipinski definition) is 4. The summed E-state index contributed by atoms with van der Waals surface area (Å²) in [4.78, 5) is 6.35. The molecular formula is C11H17N5O. The Balaban J connectivity index is 1.92. The first-order valence-corrected chi connectivity index (χ1v) is 5.69. The van der Waals surface area contributed by atoms with Crippen molar-refractivity contribution in [2.45, 2.75) is 19.6 Å². The molecule has 2 heterocycles. The first-order chi connectivity index (χ1) is 8.25. The van der Waals surface area contributed by atoms with Gasteiger partial charge in [-0.15, -0.1) is 0 Å². The second-order valence-electron chi connectivity index (χ2n) is 4.02. The van der Waals surface area contributed by atoms with Crippen LogP contribution in [0.15, 0.2) is 23.3 Å². The second kappa shape index (κ2) is 5.58. The van der Waals surface area contributed by atoms with E-state index in [4.69, 9.17) is 10.5 Å². The summed E-state index contributed by atoms with van der Waals surface area (Å²) in [5.74, 6) is 0.547. The molecule has 1 saturated heterocycles. The van der Waals surface area contributed by atoms with Gasteiger partial charge in [-0.1, -0.05) is 0 Å². The summed E-state index contributed by atoms with van der Waals surface area (Å²) in [7, 11) is 0. The van der Waals surface area contributed by atoms with E-state index in [0.717, 1.165) is 18.8 Å². The fourth-order valence-electron chi connectivity index (χ4n) is 1.71. The van der Waals surface area contributed by atoms with E-state index in [1.165, 1.54) is 0 Å². The van der Waals surface area contributed by atoms with Gasteiger partial charge in [0, 0.05) is 19.3 Å². The second-order valence-corrected chi connectivity index (χ2v) is 4.02. The maximum absolute atomic E-state index is 5.93. The van der Waals surface area contributed by atoms with E-state index in [2.05, 4.69) is 15.2 Å². The zero-order valence-corrected chi connectivity index (χ0v) is 9.91. The summed E-state index contributed by atoms with van der Waals surface area (Å²) in [6.45, 7) is 4.77. The number of nitrogens with zero attached hydrogens (tertiary/aromatic N) is 4. The Morgan fingerprint density at radius 2 is 2.59 bits per heavy atom. The number of morpholine rings is 1. The maximum atomic E-state index is 5.93. The molecule has 6 heteroatoms. The molecule has 6 nitrogen and oxygen atoms in total. The van der Waals surface area contributed by atoms with Crippen LogP contribution in [0.3, 0.4) is 0 Å². The van der Waals surface area contributed by atoms with Gasteiger partial charge in [-0.3, -0.25) is 0 Å². The Kier molecular flexibility index (Phi) is 3.87. The summed E-state index contributed by atoms with van der Waals surface area (Å²) < 4.78 is 5.45. The molecule has 0 radical (unpaired) electrons. The van der Waals surface area contributed by atoms with Crippen LogP contribution in [-0.2, 0) is 11.3 Å². The number of hydrogen-bond donors (Lipinski definition) is 1. The summed E-state index contributed by atoms with van der Waals surface area (Å²) in [5, 5.41) is 7.75. The van der Waals surface area contributed by atoms with Crippen LogP contribution in [0.1, 0.15) is 12.6 Å². The summed E-state index contributed by atoms with van der Waals surface area (Å²) in [6.07, 6.45) is 1.84. The molecule has 1 atom stereocenters. The van der Waals surface area contributed by atoms with Gasteiger partial charge in [-0.2, -0.15) is 10.2 Å². The Bertz CT molecular complexity index is 381. The molecule has 2 rings (SSSR count). The molecule has 1 aliphatic rings. The SMILES string of the molecule is CC1CN(C(N)=NCc2cccnn2)CCO1. The smallest absolute Gasteiger partial charge is 0.191 e. The Morgan fingerprint density at radius 3 is 3.29 bits per heavy atom. The predicted molar refractivity (Wildman–Crippen MR) is 64.3 cm³/mol. The topological polar surface area (TPSA) is 76.6 Å². The Hall–Kier alpha value is -1.69. The third-order valence-electron chi connectivity index (χ3n) is 2.60. The summed E-state index contributed by atoms with van der Waals surface area (Å²) in [5.41, 5.74) is 6.75. The maximum Gasteiger partial charge on any atom is 0.191 e.